The summed E-state index contributed by atoms with van der Waals surface area (Å²) in [5, 5.41) is 32.3. The van der Waals surface area contributed by atoms with Gasteiger partial charge in [-0.3, -0.25) is 0 Å². The molecule has 106 valence electrons. The topological polar surface area (TPSA) is 72.7 Å². The maximum atomic E-state index is 9.94. The molecule has 0 aromatic rings. The first kappa shape index (κ1) is 14.3. The summed E-state index contributed by atoms with van der Waals surface area (Å²) in [5.41, 5.74) is 0. The first-order valence-corrected chi connectivity index (χ1v) is 7.42. The number of hydrogen-bond donors (Lipinski definition) is 4. The van der Waals surface area contributed by atoms with Crippen LogP contribution in [-0.2, 0) is 0 Å². The second-order valence-electron chi connectivity index (χ2n) is 6.01. The average molecular weight is 257 g/mol. The van der Waals surface area contributed by atoms with Gasteiger partial charge in [-0.05, 0) is 12.3 Å². The molecule has 18 heavy (non-hydrogen) atoms. The SMILES string of the molecule is OC[C@@H]1[C@H](O)[C@H](O)CN[C@@H]1CC1CCCCCC1. The molecular weight excluding hydrogens is 230 g/mol. The van der Waals surface area contributed by atoms with Crippen molar-refractivity contribution in [3.8, 4) is 0 Å². The minimum atomic E-state index is -0.785. The summed E-state index contributed by atoms with van der Waals surface area (Å²) in [6.07, 6.45) is 7.36. The van der Waals surface area contributed by atoms with Gasteiger partial charge < -0.3 is 20.6 Å². The Kier molecular flexibility index (Phi) is 5.42. The van der Waals surface area contributed by atoms with Crippen LogP contribution in [0.25, 0.3) is 0 Å². The van der Waals surface area contributed by atoms with Crippen molar-refractivity contribution in [2.75, 3.05) is 13.2 Å². The van der Waals surface area contributed by atoms with E-state index in [-0.39, 0.29) is 18.6 Å². The van der Waals surface area contributed by atoms with Crippen LogP contribution in [0.5, 0.6) is 0 Å². The van der Waals surface area contributed by atoms with Crippen molar-refractivity contribution in [3.05, 3.63) is 0 Å². The lowest BCUT2D eigenvalue weighted by molar-refractivity contribution is -0.0699. The van der Waals surface area contributed by atoms with Gasteiger partial charge in [-0.1, -0.05) is 38.5 Å². The largest absolute Gasteiger partial charge is 0.396 e. The third-order valence-corrected chi connectivity index (χ3v) is 4.71. The number of β-amino-alcohol motifs (C(OH)–C–C–N with tert-alkyl or cyclic N) is 1. The van der Waals surface area contributed by atoms with Gasteiger partial charge in [0.25, 0.3) is 0 Å². The first-order valence-electron chi connectivity index (χ1n) is 7.42. The van der Waals surface area contributed by atoms with Crippen molar-refractivity contribution in [3.63, 3.8) is 0 Å². The van der Waals surface area contributed by atoms with Gasteiger partial charge in [0, 0.05) is 25.1 Å². The molecule has 2 rings (SSSR count). The predicted octanol–water partition coefficient (Wildman–Crippen LogP) is 0.649. The van der Waals surface area contributed by atoms with E-state index in [2.05, 4.69) is 5.32 Å². The number of hydrogen-bond acceptors (Lipinski definition) is 4. The van der Waals surface area contributed by atoms with Gasteiger partial charge in [-0.25, -0.2) is 0 Å². The van der Waals surface area contributed by atoms with Crippen LogP contribution >= 0.6 is 0 Å². The van der Waals surface area contributed by atoms with E-state index in [1.54, 1.807) is 0 Å². The number of aliphatic hydroxyl groups is 3. The molecule has 1 saturated carbocycles. The van der Waals surface area contributed by atoms with Crippen LogP contribution in [0, 0.1) is 11.8 Å². The normalized spacial score (nSPS) is 39.5. The highest BCUT2D eigenvalue weighted by Gasteiger charge is 2.37. The third-order valence-electron chi connectivity index (χ3n) is 4.71. The van der Waals surface area contributed by atoms with Crippen LogP contribution in [0.1, 0.15) is 44.9 Å². The molecule has 0 aromatic heterocycles. The number of nitrogens with one attached hydrogen (secondary N) is 1. The predicted molar refractivity (Wildman–Crippen MR) is 70.2 cm³/mol. The molecule has 0 bridgehead atoms. The Morgan fingerprint density at radius 1 is 1.00 bits per heavy atom. The van der Waals surface area contributed by atoms with Crippen molar-refractivity contribution >= 4 is 0 Å². The average Bonchev–Trinajstić information content (AvgIpc) is 2.63. The number of piperidine rings is 1. The van der Waals surface area contributed by atoms with Gasteiger partial charge in [0.2, 0.25) is 0 Å². The lowest BCUT2D eigenvalue weighted by Crippen LogP contribution is -2.57. The summed E-state index contributed by atoms with van der Waals surface area (Å²) < 4.78 is 0. The zero-order valence-corrected chi connectivity index (χ0v) is 11.1. The fourth-order valence-corrected chi connectivity index (χ4v) is 3.52. The molecule has 0 radical (unpaired) electrons. The lowest BCUT2D eigenvalue weighted by Gasteiger charge is -2.39. The van der Waals surface area contributed by atoms with Crippen LogP contribution in [0.3, 0.4) is 0 Å². The Balaban J connectivity index is 1.90. The van der Waals surface area contributed by atoms with Crippen molar-refractivity contribution in [1.29, 1.82) is 0 Å². The molecule has 1 aliphatic heterocycles. The Hall–Kier alpha value is -0.160. The molecule has 0 spiro atoms. The molecule has 1 heterocycles. The minimum absolute atomic E-state index is 0.0530. The van der Waals surface area contributed by atoms with Crippen LogP contribution in [0.4, 0.5) is 0 Å². The van der Waals surface area contributed by atoms with E-state index in [0.717, 1.165) is 6.42 Å². The Morgan fingerprint density at radius 3 is 2.28 bits per heavy atom. The van der Waals surface area contributed by atoms with Crippen LogP contribution in [0.2, 0.25) is 0 Å². The summed E-state index contributed by atoms with van der Waals surface area (Å²) in [6, 6.07) is 0.150. The molecule has 0 amide bonds. The van der Waals surface area contributed by atoms with Gasteiger partial charge in [0.1, 0.15) is 0 Å². The van der Waals surface area contributed by atoms with Crippen LogP contribution in [-0.4, -0.2) is 46.7 Å². The molecule has 4 heteroatoms. The highest BCUT2D eigenvalue weighted by molar-refractivity contribution is 4.92. The summed E-state index contributed by atoms with van der Waals surface area (Å²) in [6.45, 7) is 0.387. The summed E-state index contributed by atoms with van der Waals surface area (Å²) in [5.74, 6) is 0.485. The highest BCUT2D eigenvalue weighted by Crippen LogP contribution is 2.30. The Labute approximate surface area is 109 Å². The molecule has 4 N–H and O–H groups in total. The van der Waals surface area contributed by atoms with E-state index in [1.807, 2.05) is 0 Å². The zero-order chi connectivity index (χ0) is 13.0. The Morgan fingerprint density at radius 2 is 1.67 bits per heavy atom. The maximum absolute atomic E-state index is 9.94. The third kappa shape index (κ3) is 3.44. The molecule has 2 fully saturated rings. The van der Waals surface area contributed by atoms with E-state index in [4.69, 9.17) is 0 Å². The molecular formula is C14H27NO3. The lowest BCUT2D eigenvalue weighted by atomic mass is 9.80. The minimum Gasteiger partial charge on any atom is -0.396 e. The summed E-state index contributed by atoms with van der Waals surface area (Å²) >= 11 is 0. The van der Waals surface area contributed by atoms with E-state index in [1.165, 1.54) is 38.5 Å². The fourth-order valence-electron chi connectivity index (χ4n) is 3.52. The van der Waals surface area contributed by atoms with Gasteiger partial charge in [0.15, 0.2) is 0 Å². The number of rotatable bonds is 3. The second-order valence-corrected chi connectivity index (χ2v) is 6.01. The van der Waals surface area contributed by atoms with E-state index >= 15 is 0 Å². The van der Waals surface area contributed by atoms with Crippen LogP contribution in [0.15, 0.2) is 0 Å². The fraction of sp³-hybridized carbons (Fsp3) is 1.00. The van der Waals surface area contributed by atoms with Crippen molar-refractivity contribution in [2.45, 2.75) is 63.2 Å². The van der Waals surface area contributed by atoms with E-state index in [0.29, 0.717) is 12.5 Å². The van der Waals surface area contributed by atoms with Crippen molar-refractivity contribution in [1.82, 2.24) is 5.32 Å². The molecule has 4 nitrogen and oxygen atoms in total. The standard InChI is InChI=1S/C14H27NO3/c16-9-11-12(15-8-13(17)14(11)18)7-10-5-3-1-2-4-6-10/h10-18H,1-9H2/t11-,12+,13+,14-/m0/s1. The molecule has 2 aliphatic rings. The van der Waals surface area contributed by atoms with E-state index < -0.39 is 12.2 Å². The smallest absolute Gasteiger partial charge is 0.0927 e. The Bertz CT molecular complexity index is 241. The number of aliphatic hydroxyl groups excluding tert-OH is 3. The molecule has 1 aliphatic carbocycles. The van der Waals surface area contributed by atoms with Crippen molar-refractivity contribution in [2.24, 2.45) is 11.8 Å². The second kappa shape index (κ2) is 6.85. The van der Waals surface area contributed by atoms with E-state index in [9.17, 15) is 15.3 Å². The molecule has 1 saturated heterocycles. The molecule has 0 aromatic carbocycles. The molecule has 4 atom stereocenters. The molecule has 0 unspecified atom stereocenters. The maximum Gasteiger partial charge on any atom is 0.0927 e. The van der Waals surface area contributed by atoms with Gasteiger partial charge in [-0.15, -0.1) is 0 Å². The quantitative estimate of drug-likeness (QED) is 0.560. The van der Waals surface area contributed by atoms with Gasteiger partial charge >= 0.3 is 0 Å². The summed E-state index contributed by atoms with van der Waals surface area (Å²) in [7, 11) is 0. The van der Waals surface area contributed by atoms with Gasteiger partial charge in [-0.2, -0.15) is 0 Å². The zero-order valence-electron chi connectivity index (χ0n) is 11.1. The van der Waals surface area contributed by atoms with Gasteiger partial charge in [0.05, 0.1) is 12.2 Å². The highest BCUT2D eigenvalue weighted by atomic mass is 16.3. The van der Waals surface area contributed by atoms with Crippen molar-refractivity contribution < 1.29 is 15.3 Å². The van der Waals surface area contributed by atoms with Crippen LogP contribution < -0.4 is 5.32 Å². The summed E-state index contributed by atoms with van der Waals surface area (Å²) in [4.78, 5) is 0. The first-order chi connectivity index (χ1) is 8.72. The monoisotopic (exact) mass is 257 g/mol.